The second-order valence-corrected chi connectivity index (χ2v) is 10.4. The van der Waals surface area contributed by atoms with E-state index in [0.717, 1.165) is 5.56 Å². The zero-order valence-corrected chi connectivity index (χ0v) is 22.7. The number of amides is 1. The lowest BCUT2D eigenvalue weighted by molar-refractivity contribution is -0.158. The van der Waals surface area contributed by atoms with Crippen LogP contribution in [-0.4, -0.2) is 46.7 Å². The molecule has 6 nitrogen and oxygen atoms in total. The van der Waals surface area contributed by atoms with Crippen LogP contribution in [0.3, 0.4) is 0 Å². The number of benzene rings is 2. The van der Waals surface area contributed by atoms with Crippen LogP contribution in [0.2, 0.25) is 10.0 Å². The molecule has 1 heterocycles. The Morgan fingerprint density at radius 3 is 2.39 bits per heavy atom. The van der Waals surface area contributed by atoms with Crippen LogP contribution in [0.25, 0.3) is 16.9 Å². The van der Waals surface area contributed by atoms with Crippen LogP contribution in [-0.2, 0) is 4.74 Å². The zero-order valence-electron chi connectivity index (χ0n) is 21.2. The number of rotatable bonds is 6. The minimum atomic E-state index is -4.53. The summed E-state index contributed by atoms with van der Waals surface area (Å²) in [6, 6.07) is 10.1. The molecule has 1 aromatic heterocycles. The Kier molecular flexibility index (Phi) is 9.16. The molecule has 0 spiro atoms. The Bertz CT molecular complexity index is 1370. The summed E-state index contributed by atoms with van der Waals surface area (Å²) in [6.07, 6.45) is -4.53. The number of carbonyl (C=O) groups excluding carboxylic acids is 1. The highest BCUT2D eigenvalue weighted by atomic mass is 35.5. The molecule has 0 radical (unpaired) electrons. The molecule has 0 aliphatic carbocycles. The smallest absolute Gasteiger partial charge is 0.367 e. The van der Waals surface area contributed by atoms with Crippen molar-refractivity contribution in [3.05, 3.63) is 69.3 Å². The first-order chi connectivity index (χ1) is 17.7. The molecule has 0 aliphatic heterocycles. The maximum absolute atomic E-state index is 13.0. The van der Waals surface area contributed by atoms with E-state index in [9.17, 15) is 18.0 Å². The third kappa shape index (κ3) is 7.51. The Morgan fingerprint density at radius 2 is 1.82 bits per heavy atom. The predicted molar refractivity (Wildman–Crippen MR) is 143 cm³/mol. The quantitative estimate of drug-likeness (QED) is 0.286. The summed E-state index contributed by atoms with van der Waals surface area (Å²) in [7, 11) is 0. The lowest BCUT2D eigenvalue weighted by Crippen LogP contribution is -2.41. The van der Waals surface area contributed by atoms with Gasteiger partial charge < -0.3 is 15.8 Å². The molecule has 11 heteroatoms. The van der Waals surface area contributed by atoms with E-state index in [0.29, 0.717) is 32.6 Å². The van der Waals surface area contributed by atoms with Gasteiger partial charge in [0, 0.05) is 27.3 Å². The van der Waals surface area contributed by atoms with E-state index in [-0.39, 0.29) is 18.2 Å². The van der Waals surface area contributed by atoms with Gasteiger partial charge in [0.2, 0.25) is 0 Å². The number of hydrogen-bond acceptors (Lipinski definition) is 4. The van der Waals surface area contributed by atoms with Crippen molar-refractivity contribution in [1.29, 1.82) is 0 Å². The van der Waals surface area contributed by atoms with Crippen molar-refractivity contribution < 1.29 is 22.7 Å². The van der Waals surface area contributed by atoms with Gasteiger partial charge in [0.25, 0.3) is 5.91 Å². The molecule has 0 saturated heterocycles. The van der Waals surface area contributed by atoms with Gasteiger partial charge in [0.15, 0.2) is 5.69 Å². The summed E-state index contributed by atoms with van der Waals surface area (Å²) in [4.78, 5) is 13.0. The average Bonchev–Trinajstić information content (AvgIpc) is 3.14. The Morgan fingerprint density at radius 1 is 1.16 bits per heavy atom. The van der Waals surface area contributed by atoms with Gasteiger partial charge in [-0.3, -0.25) is 4.79 Å². The largest absolute Gasteiger partial charge is 0.405 e. The van der Waals surface area contributed by atoms with Crippen LogP contribution in [0.5, 0.6) is 0 Å². The standard InChI is InChI=1S/C27H27Cl2F3N4O2/c1-16-23(25(37)34-26(2,3)4)35-36(24(16)18-8-10-19(28)11-9-18)21-12-7-17(14-20(21)29)6-5-13-38-15-22(33)27(30,31)32/h7-12,14,22H,13,15,33H2,1-4H3,(H,34,37)/t22-/m1/s1. The van der Waals surface area contributed by atoms with Crippen LogP contribution in [0.4, 0.5) is 13.2 Å². The number of halogens is 5. The highest BCUT2D eigenvalue weighted by molar-refractivity contribution is 6.32. The molecular formula is C27H27Cl2F3N4O2. The number of hydrogen-bond donors (Lipinski definition) is 2. The maximum atomic E-state index is 13.0. The topological polar surface area (TPSA) is 82.2 Å². The van der Waals surface area contributed by atoms with Crippen molar-refractivity contribution in [2.45, 2.75) is 45.5 Å². The van der Waals surface area contributed by atoms with Crippen molar-refractivity contribution in [1.82, 2.24) is 15.1 Å². The molecule has 0 saturated carbocycles. The minimum Gasteiger partial charge on any atom is -0.367 e. The van der Waals surface area contributed by atoms with Crippen LogP contribution >= 0.6 is 23.2 Å². The lowest BCUT2D eigenvalue weighted by Gasteiger charge is -2.19. The molecule has 0 fully saturated rings. The molecule has 38 heavy (non-hydrogen) atoms. The van der Waals surface area contributed by atoms with Gasteiger partial charge >= 0.3 is 6.18 Å². The maximum Gasteiger partial charge on any atom is 0.405 e. The second kappa shape index (κ2) is 11.8. The zero-order chi connectivity index (χ0) is 28.3. The van der Waals surface area contributed by atoms with Gasteiger partial charge in [-0.05, 0) is 58.0 Å². The van der Waals surface area contributed by atoms with E-state index < -0.39 is 24.4 Å². The summed E-state index contributed by atoms with van der Waals surface area (Å²) in [5.41, 5.74) is 7.91. The van der Waals surface area contributed by atoms with Crippen molar-refractivity contribution in [2.24, 2.45) is 5.73 Å². The van der Waals surface area contributed by atoms with Gasteiger partial charge in [-0.2, -0.15) is 18.3 Å². The molecule has 3 aromatic rings. The van der Waals surface area contributed by atoms with Crippen LogP contribution < -0.4 is 11.1 Å². The molecule has 0 bridgehead atoms. The number of nitrogens with two attached hydrogens (primary N) is 1. The van der Waals surface area contributed by atoms with Gasteiger partial charge in [-0.15, -0.1) is 0 Å². The summed E-state index contributed by atoms with van der Waals surface area (Å²) >= 11 is 12.7. The fraction of sp³-hybridized carbons (Fsp3) is 0.333. The van der Waals surface area contributed by atoms with Gasteiger partial charge in [-0.1, -0.05) is 47.2 Å². The van der Waals surface area contributed by atoms with Gasteiger partial charge in [0.1, 0.15) is 12.6 Å². The normalized spacial score (nSPS) is 12.6. The second-order valence-electron chi connectivity index (χ2n) is 9.58. The van der Waals surface area contributed by atoms with Gasteiger partial charge in [-0.25, -0.2) is 4.68 Å². The SMILES string of the molecule is Cc1c(C(=O)NC(C)(C)C)nn(-c2ccc(C#CCOC[C@@H](N)C(F)(F)F)cc2Cl)c1-c1ccc(Cl)cc1. The Hall–Kier alpha value is -3.03. The van der Waals surface area contributed by atoms with E-state index in [1.54, 1.807) is 35.0 Å². The highest BCUT2D eigenvalue weighted by Crippen LogP contribution is 2.32. The minimum absolute atomic E-state index is 0.228. The molecule has 0 aliphatic rings. The number of nitrogens with zero attached hydrogens (tertiary/aromatic N) is 2. The Balaban J connectivity index is 1.93. The number of alkyl halides is 3. The molecule has 2 aromatic carbocycles. The number of nitrogens with one attached hydrogen (secondary N) is 1. The predicted octanol–water partition coefficient (Wildman–Crippen LogP) is 5.94. The molecular weight excluding hydrogens is 540 g/mol. The first-order valence-electron chi connectivity index (χ1n) is 11.5. The fourth-order valence-corrected chi connectivity index (χ4v) is 3.84. The van der Waals surface area contributed by atoms with Crippen molar-refractivity contribution in [2.75, 3.05) is 13.2 Å². The number of carbonyl (C=O) groups is 1. The molecule has 1 atom stereocenters. The summed E-state index contributed by atoms with van der Waals surface area (Å²) in [5.74, 6) is 5.12. The van der Waals surface area contributed by atoms with Crippen molar-refractivity contribution >= 4 is 29.1 Å². The van der Waals surface area contributed by atoms with Crippen molar-refractivity contribution in [3.8, 4) is 28.8 Å². The molecule has 3 N–H and O–H groups in total. The lowest BCUT2D eigenvalue weighted by atomic mass is 10.0. The van der Waals surface area contributed by atoms with Crippen molar-refractivity contribution in [3.63, 3.8) is 0 Å². The van der Waals surface area contributed by atoms with E-state index in [2.05, 4.69) is 22.3 Å². The molecule has 202 valence electrons. The molecule has 0 unspecified atom stereocenters. The van der Waals surface area contributed by atoms with Crippen LogP contribution in [0.1, 0.15) is 42.4 Å². The van der Waals surface area contributed by atoms with Crippen LogP contribution in [0, 0.1) is 18.8 Å². The fourth-order valence-electron chi connectivity index (χ4n) is 3.46. The van der Waals surface area contributed by atoms with E-state index in [4.69, 9.17) is 33.7 Å². The van der Waals surface area contributed by atoms with E-state index >= 15 is 0 Å². The monoisotopic (exact) mass is 566 g/mol. The Labute approximate surface area is 229 Å². The molecule has 1 amide bonds. The number of aromatic nitrogens is 2. The first kappa shape index (κ1) is 29.5. The molecule has 3 rings (SSSR count). The van der Waals surface area contributed by atoms with E-state index in [1.807, 2.05) is 39.8 Å². The van der Waals surface area contributed by atoms with E-state index in [1.165, 1.54) is 0 Å². The first-order valence-corrected chi connectivity index (χ1v) is 12.3. The third-order valence-electron chi connectivity index (χ3n) is 5.24. The summed E-state index contributed by atoms with van der Waals surface area (Å²) in [6.45, 7) is 6.53. The van der Waals surface area contributed by atoms with Crippen LogP contribution in [0.15, 0.2) is 42.5 Å². The summed E-state index contributed by atoms with van der Waals surface area (Å²) in [5, 5.41) is 8.40. The summed E-state index contributed by atoms with van der Waals surface area (Å²) < 4.78 is 43.9. The third-order valence-corrected chi connectivity index (χ3v) is 5.80. The average molecular weight is 567 g/mol. The van der Waals surface area contributed by atoms with Gasteiger partial charge in [0.05, 0.1) is 23.0 Å². The number of ether oxygens (including phenoxy) is 1. The highest BCUT2D eigenvalue weighted by Gasteiger charge is 2.36.